The number of likely N-dealkylation sites (N-methyl/N-ethyl adjacent to an activating group) is 1. The van der Waals surface area contributed by atoms with Crippen molar-refractivity contribution in [3.63, 3.8) is 0 Å². The molecule has 1 unspecified atom stereocenters. The maximum atomic E-state index is 14.8. The van der Waals surface area contributed by atoms with E-state index < -0.39 is 52.6 Å². The Bertz CT molecular complexity index is 1760. The molecule has 306 valence electrons. The average molecular weight is 776 g/mol. The molecule has 0 radical (unpaired) electrons. The van der Waals surface area contributed by atoms with Crippen molar-refractivity contribution in [2.75, 3.05) is 50.6 Å². The molecule has 1 aromatic rings. The lowest BCUT2D eigenvalue weighted by Crippen LogP contribution is -2.61. The van der Waals surface area contributed by atoms with E-state index in [1.54, 1.807) is 35.8 Å². The summed E-state index contributed by atoms with van der Waals surface area (Å²) >= 11 is 0. The Morgan fingerprint density at radius 2 is 1.52 bits per heavy atom. The van der Waals surface area contributed by atoms with Gasteiger partial charge in [0, 0.05) is 47.2 Å². The lowest BCUT2D eigenvalue weighted by molar-refractivity contribution is -0.144. The zero-order valence-electron chi connectivity index (χ0n) is 33.8. The normalized spacial score (nSPS) is 23.4. The van der Waals surface area contributed by atoms with Crippen LogP contribution in [0.5, 0.6) is 0 Å². The number of urea groups is 1. The van der Waals surface area contributed by atoms with Gasteiger partial charge in [0.2, 0.25) is 17.6 Å². The molecule has 14 heteroatoms. The topological polar surface area (TPSA) is 177 Å². The SMILES string of the molecule is C#CCCC(NC(=O)[C@@H]1[C@@H]2[C@H](CN1C(=O)[C@@H](NC(=O)N[C@H](CN(C)c1c(N(C)C)c(=O)c1=O)C1CCCCC1)C1CCCCC1)C2(C)C)C(=O)C(=O)NCC=C. The fourth-order valence-corrected chi connectivity index (χ4v) is 9.73. The van der Waals surface area contributed by atoms with Crippen LogP contribution >= 0.6 is 0 Å². The molecule has 4 N–H and O–H groups in total. The first-order valence-corrected chi connectivity index (χ1v) is 20.4. The first-order chi connectivity index (χ1) is 26.6. The van der Waals surface area contributed by atoms with E-state index >= 15 is 0 Å². The summed E-state index contributed by atoms with van der Waals surface area (Å²) in [7, 11) is 5.21. The van der Waals surface area contributed by atoms with Crippen LogP contribution in [0.15, 0.2) is 22.2 Å². The zero-order chi connectivity index (χ0) is 40.9. The number of ketones is 1. The Morgan fingerprint density at radius 3 is 2.11 bits per heavy atom. The van der Waals surface area contributed by atoms with Gasteiger partial charge in [-0.1, -0.05) is 58.4 Å². The molecule has 0 spiro atoms. The van der Waals surface area contributed by atoms with Crippen molar-refractivity contribution >= 4 is 40.9 Å². The van der Waals surface area contributed by atoms with Gasteiger partial charge in [-0.15, -0.1) is 18.9 Å². The molecule has 1 aromatic carbocycles. The fraction of sp³-hybridized carbons (Fsp3) is 0.690. The van der Waals surface area contributed by atoms with E-state index in [0.29, 0.717) is 24.5 Å². The highest BCUT2D eigenvalue weighted by Crippen LogP contribution is 2.65. The van der Waals surface area contributed by atoms with Crippen molar-refractivity contribution < 1.29 is 24.0 Å². The smallest absolute Gasteiger partial charge is 0.315 e. The number of anilines is 2. The van der Waals surface area contributed by atoms with Gasteiger partial charge < -0.3 is 36.0 Å². The van der Waals surface area contributed by atoms with E-state index in [2.05, 4.69) is 47.6 Å². The van der Waals surface area contributed by atoms with Crippen molar-refractivity contribution in [1.29, 1.82) is 0 Å². The van der Waals surface area contributed by atoms with E-state index in [4.69, 9.17) is 6.42 Å². The van der Waals surface area contributed by atoms with Crippen LogP contribution in [0.25, 0.3) is 0 Å². The third-order valence-electron chi connectivity index (χ3n) is 13.0. The Kier molecular flexibility index (Phi) is 13.7. The van der Waals surface area contributed by atoms with E-state index in [-0.39, 0.29) is 60.4 Å². The maximum absolute atomic E-state index is 14.8. The number of hydrogen-bond acceptors (Lipinski definition) is 9. The van der Waals surface area contributed by atoms with Gasteiger partial charge in [0.25, 0.3) is 16.8 Å². The molecule has 5 amide bonds. The van der Waals surface area contributed by atoms with E-state index in [9.17, 15) is 33.6 Å². The minimum Gasteiger partial charge on any atom is -0.373 e. The van der Waals surface area contributed by atoms with Crippen LogP contribution in [-0.4, -0.2) is 99.4 Å². The Labute approximate surface area is 330 Å². The molecule has 6 atom stereocenters. The number of terminal acetylenes is 1. The summed E-state index contributed by atoms with van der Waals surface area (Å²) < 4.78 is 0. The lowest BCUT2D eigenvalue weighted by atomic mass is 9.82. The summed E-state index contributed by atoms with van der Waals surface area (Å²) in [5.74, 6) is -0.188. The number of carbonyl (C=O) groups is 5. The molecule has 0 aromatic heterocycles. The first kappa shape index (κ1) is 42.5. The summed E-state index contributed by atoms with van der Waals surface area (Å²) in [5.41, 5.74) is -0.612. The molecule has 0 bridgehead atoms. The number of rotatable bonds is 17. The molecule has 14 nitrogen and oxygen atoms in total. The zero-order valence-corrected chi connectivity index (χ0v) is 33.8. The standard InChI is InChI=1S/C42H61N7O7/c1-8-10-21-28(35(50)39(54)43-22-9-2)44-38(53)32-30-27(42(30,3)4)23-49(32)40(55)31(26-19-15-12-16-20-26)46-41(56)45-29(25-17-13-11-14-18-25)24-48(7)34-33(47(5)6)36(51)37(34)52/h1,9,25-32H,2,10-24H2,3-7H3,(H,43,54)(H,44,53)(H2,45,46,56)/t27-,28?,29+,30-,31-,32-/m0/s1. The number of nitrogens with one attached hydrogen (secondary N) is 4. The molecule has 1 aliphatic heterocycles. The quantitative estimate of drug-likeness (QED) is 0.105. The highest BCUT2D eigenvalue weighted by molar-refractivity contribution is 6.38. The van der Waals surface area contributed by atoms with Crippen LogP contribution in [0.1, 0.15) is 90.9 Å². The van der Waals surface area contributed by atoms with Gasteiger partial charge >= 0.3 is 6.03 Å². The summed E-state index contributed by atoms with van der Waals surface area (Å²) in [6.45, 7) is 8.40. The third kappa shape index (κ3) is 8.97. The molecule has 4 fully saturated rings. The number of likely N-dealkylation sites (tertiary alicyclic amines) is 1. The number of piperidine rings is 1. The molecular weight excluding hydrogens is 715 g/mol. The van der Waals surface area contributed by atoms with E-state index in [1.165, 1.54) is 6.08 Å². The third-order valence-corrected chi connectivity index (χ3v) is 13.0. The van der Waals surface area contributed by atoms with Crippen LogP contribution in [-0.2, 0) is 19.2 Å². The first-order valence-electron chi connectivity index (χ1n) is 20.4. The van der Waals surface area contributed by atoms with Crippen LogP contribution in [0.2, 0.25) is 0 Å². The minimum absolute atomic E-state index is 0.0486. The van der Waals surface area contributed by atoms with E-state index in [1.807, 2.05) is 0 Å². The Hall–Kier alpha value is -4.67. The Morgan fingerprint density at radius 1 is 0.911 bits per heavy atom. The van der Waals surface area contributed by atoms with Crippen molar-refractivity contribution in [2.24, 2.45) is 29.1 Å². The summed E-state index contributed by atoms with van der Waals surface area (Å²) in [6, 6.07) is -3.82. The van der Waals surface area contributed by atoms with Gasteiger partial charge in [-0.25, -0.2) is 4.79 Å². The number of carbonyl (C=O) groups excluding carboxylic acids is 5. The van der Waals surface area contributed by atoms with Crippen LogP contribution in [0.3, 0.4) is 0 Å². The Balaban J connectivity index is 1.37. The van der Waals surface area contributed by atoms with Crippen molar-refractivity contribution in [3.8, 4) is 12.3 Å². The highest BCUT2D eigenvalue weighted by Gasteiger charge is 2.69. The monoisotopic (exact) mass is 775 g/mol. The molecule has 4 aliphatic rings. The maximum Gasteiger partial charge on any atom is 0.315 e. The molecule has 3 saturated carbocycles. The highest BCUT2D eigenvalue weighted by atomic mass is 16.2. The number of amides is 5. The number of Topliss-reactive ketones (excluding diaryl/α,β-unsaturated/α-hetero) is 1. The molecule has 56 heavy (non-hydrogen) atoms. The second kappa shape index (κ2) is 18.1. The van der Waals surface area contributed by atoms with Gasteiger partial charge in [0.15, 0.2) is 0 Å². The average Bonchev–Trinajstić information content (AvgIpc) is 3.48. The van der Waals surface area contributed by atoms with Crippen LogP contribution < -0.4 is 41.9 Å². The molecular formula is C42H61N7O7. The predicted octanol–water partition coefficient (Wildman–Crippen LogP) is 2.23. The molecule has 1 saturated heterocycles. The van der Waals surface area contributed by atoms with Gasteiger partial charge in [0.1, 0.15) is 23.5 Å². The van der Waals surface area contributed by atoms with Gasteiger partial charge in [-0.3, -0.25) is 28.8 Å². The minimum atomic E-state index is -1.17. The van der Waals surface area contributed by atoms with Crippen molar-refractivity contribution in [2.45, 2.75) is 115 Å². The molecule has 3 aliphatic carbocycles. The van der Waals surface area contributed by atoms with Crippen molar-refractivity contribution in [3.05, 3.63) is 33.1 Å². The van der Waals surface area contributed by atoms with Gasteiger partial charge in [-0.2, -0.15) is 0 Å². The van der Waals surface area contributed by atoms with Crippen molar-refractivity contribution in [1.82, 2.24) is 26.2 Å². The van der Waals surface area contributed by atoms with Crippen LogP contribution in [0, 0.1) is 41.4 Å². The van der Waals surface area contributed by atoms with E-state index in [0.717, 1.165) is 64.2 Å². The fourth-order valence-electron chi connectivity index (χ4n) is 9.73. The number of fused-ring (bicyclic) bond motifs is 1. The second-order valence-electron chi connectivity index (χ2n) is 17.2. The summed E-state index contributed by atoms with van der Waals surface area (Å²) in [6.07, 6.45) is 16.5. The molecule has 1 heterocycles. The molecule has 5 rings (SSSR count). The number of hydrogen-bond donors (Lipinski definition) is 4. The summed E-state index contributed by atoms with van der Waals surface area (Å²) in [4.78, 5) is 99.0. The largest absolute Gasteiger partial charge is 0.373 e. The van der Waals surface area contributed by atoms with Gasteiger partial charge in [0.05, 0.1) is 12.1 Å². The van der Waals surface area contributed by atoms with Crippen LogP contribution in [0.4, 0.5) is 16.2 Å². The summed E-state index contributed by atoms with van der Waals surface area (Å²) in [5, 5.41) is 11.5. The van der Waals surface area contributed by atoms with Gasteiger partial charge in [-0.05, 0) is 61.2 Å². The predicted molar refractivity (Wildman–Crippen MR) is 216 cm³/mol. The lowest BCUT2D eigenvalue weighted by Gasteiger charge is -2.38. The number of nitrogens with zero attached hydrogens (tertiary/aromatic N) is 3. The second-order valence-corrected chi connectivity index (χ2v) is 17.2.